The Kier molecular flexibility index (Phi) is 3.58. The summed E-state index contributed by atoms with van der Waals surface area (Å²) in [5.41, 5.74) is 1.64. The van der Waals surface area contributed by atoms with Crippen LogP contribution in [-0.2, 0) is 7.05 Å². The molecule has 0 amide bonds. The molecular formula is C12H13N3OS. The van der Waals surface area contributed by atoms with Crippen molar-refractivity contribution < 1.29 is 4.79 Å². The first kappa shape index (κ1) is 11.9. The molecule has 0 fully saturated rings. The minimum absolute atomic E-state index is 0.0979. The van der Waals surface area contributed by atoms with Gasteiger partial charge in [0.15, 0.2) is 10.9 Å². The Labute approximate surface area is 104 Å². The van der Waals surface area contributed by atoms with Gasteiger partial charge in [0.25, 0.3) is 0 Å². The molecule has 0 bridgehead atoms. The Balaban J connectivity index is 1.97. The van der Waals surface area contributed by atoms with Gasteiger partial charge in [-0.1, -0.05) is 11.8 Å². The molecule has 0 N–H and O–H groups in total. The van der Waals surface area contributed by atoms with E-state index < -0.39 is 0 Å². The molecule has 2 aromatic heterocycles. The second-order valence-corrected chi connectivity index (χ2v) is 4.70. The number of hydrogen-bond donors (Lipinski definition) is 0. The van der Waals surface area contributed by atoms with E-state index in [-0.39, 0.29) is 5.78 Å². The van der Waals surface area contributed by atoms with Crippen LogP contribution in [0.1, 0.15) is 16.1 Å². The summed E-state index contributed by atoms with van der Waals surface area (Å²) >= 11 is 1.37. The molecule has 2 aromatic rings. The molecule has 0 atom stereocenters. The van der Waals surface area contributed by atoms with Gasteiger partial charge in [-0.2, -0.15) is 0 Å². The molecule has 0 aliphatic heterocycles. The average molecular weight is 247 g/mol. The summed E-state index contributed by atoms with van der Waals surface area (Å²) in [5.74, 6) is 0.466. The van der Waals surface area contributed by atoms with E-state index in [1.54, 1.807) is 6.20 Å². The smallest absolute Gasteiger partial charge is 0.188 e. The molecule has 2 rings (SSSR count). The molecule has 17 heavy (non-hydrogen) atoms. The second-order valence-electron chi connectivity index (χ2n) is 3.76. The molecule has 0 radical (unpaired) electrons. The normalized spacial score (nSPS) is 10.5. The van der Waals surface area contributed by atoms with E-state index in [2.05, 4.69) is 9.97 Å². The number of nitrogens with zero attached hydrogens (tertiary/aromatic N) is 3. The van der Waals surface area contributed by atoms with E-state index >= 15 is 0 Å². The Morgan fingerprint density at radius 1 is 1.47 bits per heavy atom. The number of rotatable bonds is 4. The molecule has 0 aliphatic carbocycles. The minimum Gasteiger partial charge on any atom is -0.357 e. The molecule has 2 heterocycles. The summed E-state index contributed by atoms with van der Waals surface area (Å²) in [6.07, 6.45) is 5.39. The fourth-order valence-electron chi connectivity index (χ4n) is 1.38. The number of thioether (sulfide) groups is 1. The van der Waals surface area contributed by atoms with Crippen LogP contribution < -0.4 is 0 Å². The van der Waals surface area contributed by atoms with Crippen LogP contribution in [0.4, 0.5) is 0 Å². The lowest BCUT2D eigenvalue weighted by Gasteiger charge is -1.99. The predicted octanol–water partition coefficient (Wildman–Crippen LogP) is 2.10. The Morgan fingerprint density at radius 3 is 2.94 bits per heavy atom. The number of carbonyl (C=O) groups is 1. The van der Waals surface area contributed by atoms with E-state index in [0.717, 1.165) is 11.3 Å². The van der Waals surface area contributed by atoms with Gasteiger partial charge in [-0.3, -0.25) is 4.79 Å². The molecule has 0 unspecified atom stereocenters. The number of ketones is 1. The van der Waals surface area contributed by atoms with Crippen LogP contribution in [0.3, 0.4) is 0 Å². The maximum atomic E-state index is 11.8. The van der Waals surface area contributed by atoms with Crippen molar-refractivity contribution in [2.24, 2.45) is 7.05 Å². The zero-order valence-electron chi connectivity index (χ0n) is 9.75. The van der Waals surface area contributed by atoms with Crippen LogP contribution in [0.15, 0.2) is 35.9 Å². The molecular weight excluding hydrogens is 234 g/mol. The van der Waals surface area contributed by atoms with Crippen LogP contribution in [0, 0.1) is 6.92 Å². The Bertz CT molecular complexity index is 536. The SMILES string of the molecule is Cc1ccnc(SCC(=O)c2ccn(C)c2)n1. The highest BCUT2D eigenvalue weighted by Gasteiger charge is 2.08. The second kappa shape index (κ2) is 5.14. The monoisotopic (exact) mass is 247 g/mol. The van der Waals surface area contributed by atoms with Crippen molar-refractivity contribution in [2.45, 2.75) is 12.1 Å². The van der Waals surface area contributed by atoms with Gasteiger partial charge < -0.3 is 4.57 Å². The van der Waals surface area contributed by atoms with Crippen molar-refractivity contribution in [1.29, 1.82) is 0 Å². The number of Topliss-reactive ketones (excluding diaryl/α,β-unsaturated/α-hetero) is 1. The topological polar surface area (TPSA) is 47.8 Å². The van der Waals surface area contributed by atoms with E-state index in [9.17, 15) is 4.79 Å². The zero-order valence-corrected chi connectivity index (χ0v) is 10.6. The summed E-state index contributed by atoms with van der Waals surface area (Å²) in [6, 6.07) is 3.66. The lowest BCUT2D eigenvalue weighted by Crippen LogP contribution is -2.02. The van der Waals surface area contributed by atoms with Gasteiger partial charge in [0, 0.05) is 36.9 Å². The van der Waals surface area contributed by atoms with Crippen molar-refractivity contribution in [3.8, 4) is 0 Å². The van der Waals surface area contributed by atoms with Crippen molar-refractivity contribution in [3.63, 3.8) is 0 Å². The van der Waals surface area contributed by atoms with E-state index in [1.165, 1.54) is 11.8 Å². The van der Waals surface area contributed by atoms with Gasteiger partial charge in [-0.05, 0) is 19.1 Å². The van der Waals surface area contributed by atoms with Crippen molar-refractivity contribution in [3.05, 3.63) is 42.0 Å². The first-order chi connectivity index (χ1) is 8.15. The third kappa shape index (κ3) is 3.17. The quantitative estimate of drug-likeness (QED) is 0.471. The van der Waals surface area contributed by atoms with Gasteiger partial charge in [0.2, 0.25) is 0 Å². The highest BCUT2D eigenvalue weighted by atomic mass is 32.2. The molecule has 0 saturated carbocycles. The highest BCUT2D eigenvalue weighted by Crippen LogP contribution is 2.14. The third-order valence-corrected chi connectivity index (χ3v) is 3.12. The first-order valence-electron chi connectivity index (χ1n) is 5.23. The van der Waals surface area contributed by atoms with Gasteiger partial charge in [-0.25, -0.2) is 9.97 Å². The average Bonchev–Trinajstić information content (AvgIpc) is 2.73. The molecule has 0 saturated heterocycles. The Morgan fingerprint density at radius 2 is 2.29 bits per heavy atom. The first-order valence-corrected chi connectivity index (χ1v) is 6.21. The summed E-state index contributed by atoms with van der Waals surface area (Å²) in [4.78, 5) is 20.2. The van der Waals surface area contributed by atoms with E-state index in [0.29, 0.717) is 10.9 Å². The summed E-state index contributed by atoms with van der Waals surface area (Å²) in [6.45, 7) is 1.91. The molecule has 0 spiro atoms. The van der Waals surface area contributed by atoms with Gasteiger partial charge in [0.05, 0.1) is 5.75 Å². The molecule has 0 aliphatic rings. The van der Waals surface area contributed by atoms with E-state index in [4.69, 9.17) is 0 Å². The lowest BCUT2D eigenvalue weighted by molar-refractivity contribution is 0.102. The minimum atomic E-state index is 0.0979. The lowest BCUT2D eigenvalue weighted by atomic mass is 10.2. The summed E-state index contributed by atoms with van der Waals surface area (Å²) in [5, 5.41) is 0.647. The van der Waals surface area contributed by atoms with Crippen LogP contribution in [0.2, 0.25) is 0 Å². The van der Waals surface area contributed by atoms with Crippen molar-refractivity contribution in [2.75, 3.05) is 5.75 Å². The van der Waals surface area contributed by atoms with Crippen LogP contribution in [0.25, 0.3) is 0 Å². The Hall–Kier alpha value is -1.62. The highest BCUT2D eigenvalue weighted by molar-refractivity contribution is 7.99. The predicted molar refractivity (Wildman–Crippen MR) is 67.2 cm³/mol. The fraction of sp³-hybridized carbons (Fsp3) is 0.250. The van der Waals surface area contributed by atoms with Crippen LogP contribution >= 0.6 is 11.8 Å². The molecule has 88 valence electrons. The van der Waals surface area contributed by atoms with Gasteiger partial charge in [0.1, 0.15) is 0 Å². The maximum absolute atomic E-state index is 11.8. The maximum Gasteiger partial charge on any atom is 0.188 e. The summed E-state index contributed by atoms with van der Waals surface area (Å²) in [7, 11) is 1.90. The molecule has 0 aromatic carbocycles. The van der Waals surface area contributed by atoms with E-state index in [1.807, 2.05) is 43.1 Å². The summed E-state index contributed by atoms with van der Waals surface area (Å²) < 4.78 is 1.86. The largest absolute Gasteiger partial charge is 0.357 e. The standard InChI is InChI=1S/C12H13N3OS/c1-9-3-5-13-12(14-9)17-8-11(16)10-4-6-15(2)7-10/h3-7H,8H2,1-2H3. The van der Waals surface area contributed by atoms with Gasteiger partial charge >= 0.3 is 0 Å². The number of carbonyl (C=O) groups excluding carboxylic acids is 1. The third-order valence-electron chi connectivity index (χ3n) is 2.26. The molecule has 5 heteroatoms. The van der Waals surface area contributed by atoms with Crippen molar-refractivity contribution in [1.82, 2.24) is 14.5 Å². The number of aromatic nitrogens is 3. The molecule has 4 nitrogen and oxygen atoms in total. The van der Waals surface area contributed by atoms with Crippen LogP contribution in [0.5, 0.6) is 0 Å². The van der Waals surface area contributed by atoms with Gasteiger partial charge in [-0.15, -0.1) is 0 Å². The number of hydrogen-bond acceptors (Lipinski definition) is 4. The van der Waals surface area contributed by atoms with Crippen molar-refractivity contribution >= 4 is 17.5 Å². The number of aryl methyl sites for hydroxylation is 2. The zero-order chi connectivity index (χ0) is 12.3. The van der Waals surface area contributed by atoms with Crippen LogP contribution in [-0.4, -0.2) is 26.1 Å². The fourth-order valence-corrected chi connectivity index (χ4v) is 2.15.